The molecule has 0 saturated carbocycles. The smallest absolute Gasteiger partial charge is 0.251 e. The van der Waals surface area contributed by atoms with Crippen LogP contribution in [-0.4, -0.2) is 5.91 Å². The summed E-state index contributed by atoms with van der Waals surface area (Å²) in [5, 5.41) is 3.56. The highest BCUT2D eigenvalue weighted by molar-refractivity contribution is 6.30. The Kier molecular flexibility index (Phi) is 5.02. The Bertz CT molecular complexity index is 820. The summed E-state index contributed by atoms with van der Waals surface area (Å²) in [5.41, 5.74) is 2.81. The first-order valence-electron chi connectivity index (χ1n) is 7.87. The maximum atomic E-state index is 12.2. The summed E-state index contributed by atoms with van der Waals surface area (Å²) in [5.74, 6) is 1.35. The summed E-state index contributed by atoms with van der Waals surface area (Å²) in [4.78, 5) is 12.2. The Morgan fingerprint density at radius 1 is 1.00 bits per heavy atom. The monoisotopic (exact) mass is 339 g/mol. The van der Waals surface area contributed by atoms with Gasteiger partial charge in [-0.1, -0.05) is 30.7 Å². The van der Waals surface area contributed by atoms with Crippen molar-refractivity contribution in [2.45, 2.75) is 19.9 Å². The number of rotatable bonds is 5. The van der Waals surface area contributed by atoms with E-state index < -0.39 is 0 Å². The highest BCUT2D eigenvalue weighted by Crippen LogP contribution is 2.23. The topological polar surface area (TPSA) is 42.2 Å². The molecule has 122 valence electrons. The van der Waals surface area contributed by atoms with Gasteiger partial charge < -0.3 is 9.73 Å². The fraction of sp³-hybridized carbons (Fsp3) is 0.150. The summed E-state index contributed by atoms with van der Waals surface area (Å²) < 4.78 is 5.77. The zero-order valence-corrected chi connectivity index (χ0v) is 14.1. The third-order valence-electron chi connectivity index (χ3n) is 3.84. The van der Waals surface area contributed by atoms with Crippen molar-refractivity contribution >= 4 is 17.5 Å². The molecule has 3 nitrogen and oxygen atoms in total. The third-order valence-corrected chi connectivity index (χ3v) is 4.09. The highest BCUT2D eigenvalue weighted by atomic mass is 35.5. The molecule has 0 aliphatic rings. The quantitative estimate of drug-likeness (QED) is 0.703. The van der Waals surface area contributed by atoms with Crippen molar-refractivity contribution < 1.29 is 9.21 Å². The number of hydrogen-bond donors (Lipinski definition) is 1. The van der Waals surface area contributed by atoms with Gasteiger partial charge in [0.05, 0.1) is 6.54 Å². The molecule has 4 heteroatoms. The molecule has 0 atom stereocenters. The maximum absolute atomic E-state index is 12.2. The van der Waals surface area contributed by atoms with Crippen molar-refractivity contribution in [2.75, 3.05) is 0 Å². The largest absolute Gasteiger partial charge is 0.459 e. The van der Waals surface area contributed by atoms with Crippen molar-refractivity contribution in [1.82, 2.24) is 5.32 Å². The molecule has 0 bridgehead atoms. The first kappa shape index (κ1) is 16.3. The molecule has 1 amide bonds. The number of carbonyl (C=O) groups excluding carboxylic acids is 1. The normalized spacial score (nSPS) is 10.6. The number of carbonyl (C=O) groups is 1. The number of aryl methyl sites for hydroxylation is 1. The minimum atomic E-state index is -0.109. The van der Waals surface area contributed by atoms with Crippen LogP contribution in [0.1, 0.15) is 28.6 Å². The lowest BCUT2D eigenvalue weighted by Crippen LogP contribution is -2.22. The van der Waals surface area contributed by atoms with Gasteiger partial charge in [-0.05, 0) is 60.5 Å². The molecule has 0 aliphatic carbocycles. The van der Waals surface area contributed by atoms with Crippen LogP contribution in [0, 0.1) is 0 Å². The molecule has 2 aromatic carbocycles. The minimum Gasteiger partial charge on any atom is -0.459 e. The van der Waals surface area contributed by atoms with Gasteiger partial charge in [0.15, 0.2) is 0 Å². The lowest BCUT2D eigenvalue weighted by Gasteiger charge is -2.04. The van der Waals surface area contributed by atoms with E-state index in [1.807, 2.05) is 60.7 Å². The number of furan rings is 1. The highest BCUT2D eigenvalue weighted by Gasteiger charge is 2.08. The van der Waals surface area contributed by atoms with Crippen LogP contribution >= 0.6 is 11.6 Å². The van der Waals surface area contributed by atoms with Crippen molar-refractivity contribution in [1.29, 1.82) is 0 Å². The van der Waals surface area contributed by atoms with E-state index in [1.165, 1.54) is 5.56 Å². The van der Waals surface area contributed by atoms with Gasteiger partial charge in [-0.15, -0.1) is 0 Å². The van der Waals surface area contributed by atoms with Gasteiger partial charge in [-0.3, -0.25) is 4.79 Å². The fourth-order valence-corrected chi connectivity index (χ4v) is 2.53. The Balaban J connectivity index is 1.62. The second-order valence-corrected chi connectivity index (χ2v) is 5.94. The third kappa shape index (κ3) is 3.87. The van der Waals surface area contributed by atoms with Gasteiger partial charge in [-0.2, -0.15) is 0 Å². The molecule has 0 spiro atoms. The SMILES string of the molecule is CCc1ccc(C(=O)NCc2ccc(-c3ccc(Cl)cc3)o2)cc1. The molecule has 3 rings (SSSR count). The van der Waals surface area contributed by atoms with Crippen LogP contribution in [0.3, 0.4) is 0 Å². The van der Waals surface area contributed by atoms with Crippen LogP contribution in [0.15, 0.2) is 65.1 Å². The van der Waals surface area contributed by atoms with Crippen LogP contribution in [0.5, 0.6) is 0 Å². The van der Waals surface area contributed by atoms with Crippen LogP contribution in [0.4, 0.5) is 0 Å². The van der Waals surface area contributed by atoms with Crippen LogP contribution in [-0.2, 0) is 13.0 Å². The van der Waals surface area contributed by atoms with E-state index >= 15 is 0 Å². The van der Waals surface area contributed by atoms with Crippen LogP contribution in [0.25, 0.3) is 11.3 Å². The lowest BCUT2D eigenvalue weighted by molar-refractivity contribution is 0.0948. The standard InChI is InChI=1S/C20H18ClNO2/c1-2-14-3-5-16(6-4-14)20(23)22-13-18-11-12-19(24-18)15-7-9-17(21)10-8-15/h3-12H,2,13H2,1H3,(H,22,23). The Morgan fingerprint density at radius 3 is 2.38 bits per heavy atom. The van der Waals surface area contributed by atoms with E-state index in [4.69, 9.17) is 16.0 Å². The average molecular weight is 340 g/mol. The number of halogens is 1. The number of hydrogen-bond acceptors (Lipinski definition) is 2. The Morgan fingerprint density at radius 2 is 1.71 bits per heavy atom. The molecular formula is C20H18ClNO2. The summed E-state index contributed by atoms with van der Waals surface area (Å²) in [6.07, 6.45) is 0.960. The predicted octanol–water partition coefficient (Wildman–Crippen LogP) is 5.09. The predicted molar refractivity (Wildman–Crippen MR) is 96.1 cm³/mol. The van der Waals surface area contributed by atoms with E-state index in [9.17, 15) is 4.79 Å². The van der Waals surface area contributed by atoms with Gasteiger partial charge in [0.25, 0.3) is 5.91 Å². The van der Waals surface area contributed by atoms with Crippen molar-refractivity contribution in [3.63, 3.8) is 0 Å². The second kappa shape index (κ2) is 7.37. The molecular weight excluding hydrogens is 322 g/mol. The molecule has 0 fully saturated rings. The van der Waals surface area contributed by atoms with E-state index in [1.54, 1.807) is 0 Å². The zero-order valence-electron chi connectivity index (χ0n) is 13.4. The maximum Gasteiger partial charge on any atom is 0.251 e. The van der Waals surface area contributed by atoms with Gasteiger partial charge in [0.2, 0.25) is 0 Å². The number of nitrogens with one attached hydrogen (secondary N) is 1. The van der Waals surface area contributed by atoms with E-state index in [-0.39, 0.29) is 5.91 Å². The van der Waals surface area contributed by atoms with Crippen molar-refractivity contribution in [3.8, 4) is 11.3 Å². The summed E-state index contributed by atoms with van der Waals surface area (Å²) in [6.45, 7) is 2.44. The number of amides is 1. The van der Waals surface area contributed by atoms with Gasteiger partial charge in [0, 0.05) is 16.1 Å². The van der Waals surface area contributed by atoms with E-state index in [0.717, 1.165) is 17.7 Å². The molecule has 0 unspecified atom stereocenters. The zero-order chi connectivity index (χ0) is 16.9. The summed E-state index contributed by atoms with van der Waals surface area (Å²) in [7, 11) is 0. The summed E-state index contributed by atoms with van der Waals surface area (Å²) >= 11 is 5.89. The average Bonchev–Trinajstić information content (AvgIpc) is 3.09. The first-order chi connectivity index (χ1) is 11.7. The van der Waals surface area contributed by atoms with Crippen LogP contribution < -0.4 is 5.32 Å². The van der Waals surface area contributed by atoms with Crippen LogP contribution in [0.2, 0.25) is 5.02 Å². The molecule has 1 aromatic heterocycles. The lowest BCUT2D eigenvalue weighted by atomic mass is 10.1. The van der Waals surface area contributed by atoms with Gasteiger partial charge in [-0.25, -0.2) is 0 Å². The first-order valence-corrected chi connectivity index (χ1v) is 8.25. The van der Waals surface area contributed by atoms with E-state index in [2.05, 4.69) is 12.2 Å². The van der Waals surface area contributed by atoms with Crippen molar-refractivity contribution in [2.24, 2.45) is 0 Å². The molecule has 0 saturated heterocycles. The molecule has 24 heavy (non-hydrogen) atoms. The fourth-order valence-electron chi connectivity index (χ4n) is 2.40. The molecule has 3 aromatic rings. The molecule has 0 radical (unpaired) electrons. The van der Waals surface area contributed by atoms with Gasteiger partial charge in [0.1, 0.15) is 11.5 Å². The number of benzene rings is 2. The minimum absolute atomic E-state index is 0.109. The second-order valence-electron chi connectivity index (χ2n) is 5.51. The van der Waals surface area contributed by atoms with Gasteiger partial charge >= 0.3 is 0 Å². The molecule has 1 heterocycles. The van der Waals surface area contributed by atoms with E-state index in [0.29, 0.717) is 22.9 Å². The summed E-state index contributed by atoms with van der Waals surface area (Å²) in [6, 6.07) is 18.8. The Hall–Kier alpha value is -2.52. The molecule has 1 N–H and O–H groups in total. The Labute approximate surface area is 146 Å². The molecule has 0 aliphatic heterocycles. The van der Waals surface area contributed by atoms with Crippen molar-refractivity contribution in [3.05, 3.63) is 82.6 Å².